The fourth-order valence-corrected chi connectivity index (χ4v) is 3.74. The van der Waals surface area contributed by atoms with E-state index in [0.717, 1.165) is 6.26 Å². The zero-order chi connectivity index (χ0) is 13.1. The Kier molecular flexibility index (Phi) is 4.70. The fraction of sp³-hybridized carbons (Fsp3) is 0.333. The Morgan fingerprint density at radius 1 is 1.18 bits per heavy atom. The molecular formula is C9H12BrNO4S2. The molecule has 0 saturated carbocycles. The third-order valence-corrected chi connectivity index (χ3v) is 5.31. The van der Waals surface area contributed by atoms with Gasteiger partial charge < -0.3 is 0 Å². The summed E-state index contributed by atoms with van der Waals surface area (Å²) in [6.45, 7) is -0.136. The average molecular weight is 342 g/mol. The van der Waals surface area contributed by atoms with Gasteiger partial charge in [0.2, 0.25) is 10.0 Å². The van der Waals surface area contributed by atoms with Gasteiger partial charge in [0, 0.05) is 17.3 Å². The van der Waals surface area contributed by atoms with E-state index in [1.54, 1.807) is 18.2 Å². The average Bonchev–Trinajstić information content (AvgIpc) is 2.15. The van der Waals surface area contributed by atoms with Crippen molar-refractivity contribution in [2.24, 2.45) is 0 Å². The number of hydrogen-bond donors (Lipinski definition) is 1. The monoisotopic (exact) mass is 341 g/mol. The maximum atomic E-state index is 11.8. The predicted molar refractivity (Wildman–Crippen MR) is 69.0 cm³/mol. The molecule has 17 heavy (non-hydrogen) atoms. The fourth-order valence-electron chi connectivity index (χ4n) is 1.10. The second-order valence-corrected chi connectivity index (χ2v) is 8.31. The highest BCUT2D eigenvalue weighted by atomic mass is 79.9. The van der Waals surface area contributed by atoms with E-state index in [4.69, 9.17) is 0 Å². The van der Waals surface area contributed by atoms with Crippen molar-refractivity contribution < 1.29 is 16.8 Å². The molecule has 8 heteroatoms. The van der Waals surface area contributed by atoms with Gasteiger partial charge in [-0.05, 0) is 28.1 Å². The van der Waals surface area contributed by atoms with Crippen LogP contribution in [-0.2, 0) is 19.9 Å². The molecule has 0 saturated heterocycles. The molecule has 96 valence electrons. The summed E-state index contributed by atoms with van der Waals surface area (Å²) < 4.78 is 48.0. The Labute approximate surface area is 109 Å². The summed E-state index contributed by atoms with van der Waals surface area (Å²) in [6, 6.07) is 6.33. The van der Waals surface area contributed by atoms with Gasteiger partial charge in [-0.2, -0.15) is 0 Å². The summed E-state index contributed by atoms with van der Waals surface area (Å²) in [5, 5.41) is 0. The first-order valence-corrected chi connectivity index (χ1v) is 8.98. The summed E-state index contributed by atoms with van der Waals surface area (Å²) in [6.07, 6.45) is 1.06. The topological polar surface area (TPSA) is 80.3 Å². The van der Waals surface area contributed by atoms with E-state index >= 15 is 0 Å². The van der Waals surface area contributed by atoms with Crippen molar-refractivity contribution in [3.8, 4) is 0 Å². The van der Waals surface area contributed by atoms with Crippen molar-refractivity contribution in [2.75, 3.05) is 18.6 Å². The molecule has 0 heterocycles. The molecule has 0 aromatic heterocycles. The normalized spacial score (nSPS) is 12.6. The molecule has 0 aliphatic carbocycles. The Morgan fingerprint density at radius 3 is 2.29 bits per heavy atom. The van der Waals surface area contributed by atoms with Gasteiger partial charge in [0.1, 0.15) is 9.84 Å². The van der Waals surface area contributed by atoms with Gasteiger partial charge in [-0.1, -0.05) is 12.1 Å². The molecule has 0 unspecified atom stereocenters. The Morgan fingerprint density at radius 2 is 1.76 bits per heavy atom. The molecule has 0 spiro atoms. The van der Waals surface area contributed by atoms with E-state index in [0.29, 0.717) is 4.47 Å². The minimum atomic E-state index is -3.67. The van der Waals surface area contributed by atoms with E-state index in [1.807, 2.05) is 0 Å². The maximum Gasteiger partial charge on any atom is 0.241 e. The van der Waals surface area contributed by atoms with Crippen molar-refractivity contribution in [2.45, 2.75) is 4.90 Å². The lowest BCUT2D eigenvalue weighted by atomic mass is 10.4. The number of nitrogens with one attached hydrogen (secondary N) is 1. The van der Waals surface area contributed by atoms with Crippen molar-refractivity contribution in [3.63, 3.8) is 0 Å². The smallest absolute Gasteiger partial charge is 0.229 e. The lowest BCUT2D eigenvalue weighted by Crippen LogP contribution is -2.29. The van der Waals surface area contributed by atoms with Gasteiger partial charge in [0.25, 0.3) is 0 Å². The summed E-state index contributed by atoms with van der Waals surface area (Å²) in [4.78, 5) is 0.0912. The number of sulfonamides is 1. The third-order valence-electron chi connectivity index (χ3n) is 1.89. The maximum absolute atomic E-state index is 11.8. The van der Waals surface area contributed by atoms with Crippen LogP contribution in [0.2, 0.25) is 0 Å². The number of hydrogen-bond acceptors (Lipinski definition) is 4. The summed E-state index contributed by atoms with van der Waals surface area (Å²) in [5.74, 6) is -0.226. The Bertz CT molecular complexity index is 595. The van der Waals surface area contributed by atoms with E-state index in [9.17, 15) is 16.8 Å². The number of benzene rings is 1. The predicted octanol–water partition coefficient (Wildman–Crippen LogP) is 0.772. The standard InChI is InChI=1S/C9H12BrNO4S2/c1-16(12,13)7-6-11-17(14,15)9-5-3-2-4-8(9)10/h2-5,11H,6-7H2,1H3. The minimum Gasteiger partial charge on any atom is -0.229 e. The second kappa shape index (κ2) is 5.47. The van der Waals surface area contributed by atoms with E-state index in [2.05, 4.69) is 20.7 Å². The zero-order valence-corrected chi connectivity index (χ0v) is 12.3. The molecule has 1 aromatic rings. The highest BCUT2D eigenvalue weighted by molar-refractivity contribution is 9.10. The van der Waals surface area contributed by atoms with E-state index in [-0.39, 0.29) is 17.2 Å². The van der Waals surface area contributed by atoms with Gasteiger partial charge in [-0.3, -0.25) is 0 Å². The second-order valence-electron chi connectivity index (χ2n) is 3.46. The first-order chi connectivity index (χ1) is 7.72. The molecule has 1 aromatic carbocycles. The van der Waals surface area contributed by atoms with Crippen LogP contribution in [0.4, 0.5) is 0 Å². The number of halogens is 1. The molecule has 0 atom stereocenters. The molecule has 1 N–H and O–H groups in total. The first kappa shape index (κ1) is 14.6. The summed E-state index contributed by atoms with van der Waals surface area (Å²) >= 11 is 3.13. The van der Waals surface area contributed by atoms with Crippen LogP contribution in [0, 0.1) is 0 Å². The molecule has 1 rings (SSSR count). The van der Waals surface area contributed by atoms with Crippen LogP contribution in [0.3, 0.4) is 0 Å². The van der Waals surface area contributed by atoms with Crippen LogP contribution in [-0.4, -0.2) is 35.4 Å². The molecule has 0 bridgehead atoms. The number of sulfone groups is 1. The minimum absolute atomic E-state index is 0.0912. The van der Waals surface area contributed by atoms with Gasteiger partial charge in [-0.15, -0.1) is 0 Å². The Hall–Kier alpha value is -0.440. The summed E-state index contributed by atoms with van der Waals surface area (Å²) in [7, 11) is -6.85. The van der Waals surface area contributed by atoms with E-state index < -0.39 is 19.9 Å². The van der Waals surface area contributed by atoms with Crippen LogP contribution < -0.4 is 4.72 Å². The molecule has 0 radical (unpaired) electrons. The van der Waals surface area contributed by atoms with Crippen LogP contribution in [0.1, 0.15) is 0 Å². The molecule has 0 amide bonds. The quantitative estimate of drug-likeness (QED) is 0.857. The SMILES string of the molecule is CS(=O)(=O)CCNS(=O)(=O)c1ccccc1Br. The molecular weight excluding hydrogens is 330 g/mol. The van der Waals surface area contributed by atoms with Gasteiger partial charge in [0.15, 0.2) is 0 Å². The highest BCUT2D eigenvalue weighted by Gasteiger charge is 2.17. The molecule has 0 fully saturated rings. The van der Waals surface area contributed by atoms with Gasteiger partial charge in [-0.25, -0.2) is 21.6 Å². The van der Waals surface area contributed by atoms with Gasteiger partial charge >= 0.3 is 0 Å². The largest absolute Gasteiger partial charge is 0.241 e. The summed E-state index contributed by atoms with van der Waals surface area (Å²) in [5.41, 5.74) is 0. The highest BCUT2D eigenvalue weighted by Crippen LogP contribution is 2.20. The molecule has 0 aliphatic rings. The lowest BCUT2D eigenvalue weighted by Gasteiger charge is -2.07. The third kappa shape index (κ3) is 4.74. The van der Waals surface area contributed by atoms with Crippen molar-refractivity contribution >= 4 is 35.8 Å². The van der Waals surface area contributed by atoms with Crippen LogP contribution in [0.5, 0.6) is 0 Å². The first-order valence-electron chi connectivity index (χ1n) is 4.64. The molecule has 5 nitrogen and oxygen atoms in total. The van der Waals surface area contributed by atoms with Crippen molar-refractivity contribution in [1.82, 2.24) is 4.72 Å². The lowest BCUT2D eigenvalue weighted by molar-refractivity contribution is 0.581. The zero-order valence-electron chi connectivity index (χ0n) is 9.05. The van der Waals surface area contributed by atoms with Gasteiger partial charge in [0.05, 0.1) is 10.6 Å². The van der Waals surface area contributed by atoms with Crippen LogP contribution in [0.15, 0.2) is 33.6 Å². The molecule has 0 aliphatic heterocycles. The van der Waals surface area contributed by atoms with Crippen LogP contribution in [0.25, 0.3) is 0 Å². The van der Waals surface area contributed by atoms with E-state index in [1.165, 1.54) is 6.07 Å². The van der Waals surface area contributed by atoms with Crippen LogP contribution >= 0.6 is 15.9 Å². The number of rotatable bonds is 5. The van der Waals surface area contributed by atoms with Crippen molar-refractivity contribution in [3.05, 3.63) is 28.7 Å². The van der Waals surface area contributed by atoms with Crippen molar-refractivity contribution in [1.29, 1.82) is 0 Å². The Balaban J connectivity index is 2.81.